The van der Waals surface area contributed by atoms with Gasteiger partial charge in [-0.05, 0) is 24.6 Å². The molecule has 2 heterocycles. The Morgan fingerprint density at radius 3 is 2.71 bits per heavy atom. The van der Waals surface area contributed by atoms with Crippen LogP contribution in [0.15, 0.2) is 48.8 Å². The van der Waals surface area contributed by atoms with Gasteiger partial charge in [-0.3, -0.25) is 14.7 Å². The Kier molecular flexibility index (Phi) is 5.56. The molecule has 1 N–H and O–H groups in total. The predicted molar refractivity (Wildman–Crippen MR) is 92.9 cm³/mol. The van der Waals surface area contributed by atoms with Gasteiger partial charge in [0.15, 0.2) is 0 Å². The van der Waals surface area contributed by atoms with Gasteiger partial charge in [0, 0.05) is 37.6 Å². The van der Waals surface area contributed by atoms with Crippen LogP contribution in [-0.2, 0) is 4.74 Å². The minimum atomic E-state index is -0.0664. The first kappa shape index (κ1) is 16.6. The lowest BCUT2D eigenvalue weighted by atomic mass is 10.0. The molecule has 5 nitrogen and oxygen atoms in total. The molecule has 2 aromatic rings. The van der Waals surface area contributed by atoms with Crippen molar-refractivity contribution in [3.8, 4) is 0 Å². The predicted octanol–water partition coefficient (Wildman–Crippen LogP) is 2.19. The summed E-state index contributed by atoms with van der Waals surface area (Å²) in [5, 5.41) is 3.07. The summed E-state index contributed by atoms with van der Waals surface area (Å²) in [7, 11) is 0. The first-order chi connectivity index (χ1) is 11.7. The van der Waals surface area contributed by atoms with E-state index in [1.54, 1.807) is 24.5 Å². The average molecular weight is 325 g/mol. The van der Waals surface area contributed by atoms with Gasteiger partial charge in [0.2, 0.25) is 0 Å². The van der Waals surface area contributed by atoms with E-state index in [1.807, 2.05) is 0 Å². The molecule has 1 unspecified atom stereocenters. The molecule has 0 spiro atoms. The van der Waals surface area contributed by atoms with Crippen LogP contribution in [0, 0.1) is 6.92 Å². The zero-order chi connectivity index (χ0) is 16.8. The minimum Gasteiger partial charge on any atom is -0.379 e. The maximum absolute atomic E-state index is 12.3. The molecule has 0 saturated carbocycles. The van der Waals surface area contributed by atoms with Gasteiger partial charge in [-0.2, -0.15) is 0 Å². The van der Waals surface area contributed by atoms with E-state index in [1.165, 1.54) is 11.1 Å². The SMILES string of the molecule is Cc1cccc(C(CNC(=O)c2ccncc2)N2CCOCC2)c1. The van der Waals surface area contributed by atoms with Crippen molar-refractivity contribution in [2.45, 2.75) is 13.0 Å². The fourth-order valence-electron chi connectivity index (χ4n) is 3.02. The summed E-state index contributed by atoms with van der Waals surface area (Å²) in [5.41, 5.74) is 3.09. The molecule has 0 aliphatic carbocycles. The monoisotopic (exact) mass is 325 g/mol. The number of hydrogen-bond acceptors (Lipinski definition) is 4. The lowest BCUT2D eigenvalue weighted by Gasteiger charge is -2.35. The van der Waals surface area contributed by atoms with E-state index in [4.69, 9.17) is 4.74 Å². The largest absolute Gasteiger partial charge is 0.379 e. The molecule has 24 heavy (non-hydrogen) atoms. The summed E-state index contributed by atoms with van der Waals surface area (Å²) in [6, 6.07) is 12.1. The van der Waals surface area contributed by atoms with Crippen LogP contribution >= 0.6 is 0 Å². The van der Waals surface area contributed by atoms with Gasteiger partial charge in [0.05, 0.1) is 19.3 Å². The van der Waals surface area contributed by atoms with E-state index in [2.05, 4.69) is 46.4 Å². The molecular formula is C19H23N3O2. The molecule has 0 bridgehead atoms. The Bertz CT molecular complexity index is 669. The molecule has 1 atom stereocenters. The molecule has 1 aliphatic rings. The number of hydrogen-bond donors (Lipinski definition) is 1. The Labute approximate surface area is 142 Å². The maximum Gasteiger partial charge on any atom is 0.251 e. The van der Waals surface area contributed by atoms with E-state index in [0.717, 1.165) is 26.3 Å². The fourth-order valence-corrected chi connectivity index (χ4v) is 3.02. The summed E-state index contributed by atoms with van der Waals surface area (Å²) in [6.45, 7) is 5.90. The number of ether oxygens (including phenoxy) is 1. The highest BCUT2D eigenvalue weighted by atomic mass is 16.5. The summed E-state index contributed by atoms with van der Waals surface area (Å²) >= 11 is 0. The number of morpholine rings is 1. The Hall–Kier alpha value is -2.24. The summed E-state index contributed by atoms with van der Waals surface area (Å²) < 4.78 is 5.47. The van der Waals surface area contributed by atoms with Gasteiger partial charge < -0.3 is 10.1 Å². The third-order valence-electron chi connectivity index (χ3n) is 4.31. The van der Waals surface area contributed by atoms with Crippen molar-refractivity contribution < 1.29 is 9.53 Å². The second kappa shape index (κ2) is 8.04. The van der Waals surface area contributed by atoms with Crippen molar-refractivity contribution in [2.75, 3.05) is 32.8 Å². The molecule has 126 valence electrons. The summed E-state index contributed by atoms with van der Waals surface area (Å²) in [4.78, 5) is 18.7. The topological polar surface area (TPSA) is 54.5 Å². The molecule has 3 rings (SSSR count). The van der Waals surface area contributed by atoms with Crippen LogP contribution in [0.3, 0.4) is 0 Å². The molecule has 1 aromatic carbocycles. The van der Waals surface area contributed by atoms with Gasteiger partial charge in [0.1, 0.15) is 0 Å². The Balaban J connectivity index is 1.73. The van der Waals surface area contributed by atoms with Gasteiger partial charge in [0.25, 0.3) is 5.91 Å². The number of aromatic nitrogens is 1. The maximum atomic E-state index is 12.3. The van der Waals surface area contributed by atoms with Crippen LogP contribution in [0.25, 0.3) is 0 Å². The lowest BCUT2D eigenvalue weighted by Crippen LogP contribution is -2.43. The lowest BCUT2D eigenvalue weighted by molar-refractivity contribution is 0.0162. The molecular weight excluding hydrogens is 302 g/mol. The van der Waals surface area contributed by atoms with Crippen LogP contribution in [0.4, 0.5) is 0 Å². The Morgan fingerprint density at radius 1 is 1.25 bits per heavy atom. The van der Waals surface area contributed by atoms with Crippen LogP contribution in [0.2, 0.25) is 0 Å². The molecule has 1 amide bonds. The number of carbonyl (C=O) groups is 1. The first-order valence-electron chi connectivity index (χ1n) is 8.30. The van der Waals surface area contributed by atoms with Crippen molar-refractivity contribution >= 4 is 5.91 Å². The second-order valence-corrected chi connectivity index (χ2v) is 6.02. The van der Waals surface area contributed by atoms with Crippen molar-refractivity contribution in [2.24, 2.45) is 0 Å². The first-order valence-corrected chi connectivity index (χ1v) is 8.30. The highest BCUT2D eigenvalue weighted by molar-refractivity contribution is 5.93. The van der Waals surface area contributed by atoms with Crippen molar-refractivity contribution in [3.05, 3.63) is 65.5 Å². The standard InChI is InChI=1S/C19H23N3O2/c1-15-3-2-4-17(13-15)18(22-9-11-24-12-10-22)14-21-19(23)16-5-7-20-8-6-16/h2-8,13,18H,9-12,14H2,1H3,(H,21,23). The zero-order valence-corrected chi connectivity index (χ0v) is 13.9. The number of pyridine rings is 1. The normalized spacial score (nSPS) is 16.5. The minimum absolute atomic E-state index is 0.0664. The zero-order valence-electron chi connectivity index (χ0n) is 13.9. The van der Waals surface area contributed by atoms with E-state index < -0.39 is 0 Å². The molecule has 5 heteroatoms. The summed E-state index contributed by atoms with van der Waals surface area (Å²) in [5.74, 6) is -0.0664. The highest BCUT2D eigenvalue weighted by Gasteiger charge is 2.23. The number of nitrogens with zero attached hydrogens (tertiary/aromatic N) is 2. The highest BCUT2D eigenvalue weighted by Crippen LogP contribution is 2.22. The van der Waals surface area contributed by atoms with Gasteiger partial charge in [-0.25, -0.2) is 0 Å². The number of benzene rings is 1. The fraction of sp³-hybridized carbons (Fsp3) is 0.368. The summed E-state index contributed by atoms with van der Waals surface area (Å²) in [6.07, 6.45) is 3.27. The van der Waals surface area contributed by atoms with Crippen molar-refractivity contribution in [1.82, 2.24) is 15.2 Å². The molecule has 1 aromatic heterocycles. The third-order valence-corrected chi connectivity index (χ3v) is 4.31. The van der Waals surface area contributed by atoms with E-state index in [9.17, 15) is 4.79 Å². The number of carbonyl (C=O) groups excluding carboxylic acids is 1. The number of rotatable bonds is 5. The quantitative estimate of drug-likeness (QED) is 0.916. The molecule has 0 radical (unpaired) electrons. The number of amides is 1. The molecule has 1 saturated heterocycles. The molecule has 1 fully saturated rings. The van der Waals surface area contributed by atoms with Gasteiger partial charge in [-0.1, -0.05) is 29.8 Å². The van der Waals surface area contributed by atoms with Crippen LogP contribution < -0.4 is 5.32 Å². The van der Waals surface area contributed by atoms with Crippen LogP contribution in [0.1, 0.15) is 27.5 Å². The smallest absolute Gasteiger partial charge is 0.251 e. The number of aryl methyl sites for hydroxylation is 1. The molecule has 1 aliphatic heterocycles. The Morgan fingerprint density at radius 2 is 2.00 bits per heavy atom. The average Bonchev–Trinajstić information content (AvgIpc) is 2.63. The van der Waals surface area contributed by atoms with Crippen LogP contribution in [0.5, 0.6) is 0 Å². The second-order valence-electron chi connectivity index (χ2n) is 6.02. The van der Waals surface area contributed by atoms with Crippen molar-refractivity contribution in [1.29, 1.82) is 0 Å². The van der Waals surface area contributed by atoms with E-state index in [0.29, 0.717) is 12.1 Å². The third kappa shape index (κ3) is 4.19. The van der Waals surface area contributed by atoms with E-state index in [-0.39, 0.29) is 11.9 Å². The van der Waals surface area contributed by atoms with Gasteiger partial charge in [-0.15, -0.1) is 0 Å². The number of nitrogens with one attached hydrogen (secondary N) is 1. The van der Waals surface area contributed by atoms with Crippen molar-refractivity contribution in [3.63, 3.8) is 0 Å². The van der Waals surface area contributed by atoms with Crippen LogP contribution in [-0.4, -0.2) is 48.6 Å². The van der Waals surface area contributed by atoms with E-state index >= 15 is 0 Å². The van der Waals surface area contributed by atoms with Gasteiger partial charge >= 0.3 is 0 Å².